The maximum Gasteiger partial charge on any atom is 0.256 e. The standard InChI is InChI=1S/C11H18N4O2/c1-7(8-3-4-17-6-8)14-11(16)9-5-13-15(2)10(9)12/h5,7-8H,3-4,6,12H2,1-2H3,(H,14,16). The van der Waals surface area contributed by atoms with E-state index in [0.717, 1.165) is 13.0 Å². The molecule has 1 aromatic rings. The van der Waals surface area contributed by atoms with E-state index < -0.39 is 0 Å². The normalized spacial score (nSPS) is 21.4. The molecule has 6 heteroatoms. The van der Waals surface area contributed by atoms with Gasteiger partial charge in [-0.05, 0) is 13.3 Å². The minimum absolute atomic E-state index is 0.0876. The van der Waals surface area contributed by atoms with Crippen LogP contribution in [0.15, 0.2) is 6.20 Å². The molecule has 2 atom stereocenters. The minimum atomic E-state index is -0.171. The first-order valence-electron chi connectivity index (χ1n) is 5.75. The summed E-state index contributed by atoms with van der Waals surface area (Å²) in [6, 6.07) is 0.0876. The SMILES string of the molecule is CC(NC(=O)c1cnn(C)c1N)C1CCOC1. The second kappa shape index (κ2) is 4.75. The van der Waals surface area contributed by atoms with Crippen molar-refractivity contribution in [2.75, 3.05) is 18.9 Å². The highest BCUT2D eigenvalue weighted by Crippen LogP contribution is 2.17. The lowest BCUT2D eigenvalue weighted by Gasteiger charge is -2.18. The summed E-state index contributed by atoms with van der Waals surface area (Å²) in [6.45, 7) is 3.48. The molecular weight excluding hydrogens is 220 g/mol. The number of ether oxygens (including phenoxy) is 1. The summed E-state index contributed by atoms with van der Waals surface area (Å²) in [4.78, 5) is 12.0. The molecule has 2 rings (SSSR count). The van der Waals surface area contributed by atoms with Crippen LogP contribution in [-0.2, 0) is 11.8 Å². The quantitative estimate of drug-likeness (QED) is 0.785. The number of nitrogens with zero attached hydrogens (tertiary/aromatic N) is 2. The number of hydrogen-bond acceptors (Lipinski definition) is 4. The Hall–Kier alpha value is -1.56. The van der Waals surface area contributed by atoms with E-state index in [-0.39, 0.29) is 11.9 Å². The zero-order valence-electron chi connectivity index (χ0n) is 10.1. The molecule has 2 heterocycles. The first-order valence-corrected chi connectivity index (χ1v) is 5.75. The summed E-state index contributed by atoms with van der Waals surface area (Å²) in [5.74, 6) is 0.601. The molecule has 0 bridgehead atoms. The Bertz CT molecular complexity index is 410. The molecule has 1 aromatic heterocycles. The summed E-state index contributed by atoms with van der Waals surface area (Å²) in [7, 11) is 1.71. The zero-order valence-corrected chi connectivity index (χ0v) is 10.1. The summed E-state index contributed by atoms with van der Waals surface area (Å²) < 4.78 is 6.79. The summed E-state index contributed by atoms with van der Waals surface area (Å²) in [5, 5.41) is 6.89. The van der Waals surface area contributed by atoms with Crippen molar-refractivity contribution in [2.24, 2.45) is 13.0 Å². The smallest absolute Gasteiger partial charge is 0.256 e. The molecule has 1 aliphatic rings. The third-order valence-corrected chi connectivity index (χ3v) is 3.26. The van der Waals surface area contributed by atoms with Gasteiger partial charge < -0.3 is 15.8 Å². The van der Waals surface area contributed by atoms with E-state index in [0.29, 0.717) is 23.9 Å². The number of aryl methyl sites for hydroxylation is 1. The van der Waals surface area contributed by atoms with Crippen LogP contribution >= 0.6 is 0 Å². The molecule has 1 amide bonds. The summed E-state index contributed by atoms with van der Waals surface area (Å²) in [6.07, 6.45) is 2.48. The van der Waals surface area contributed by atoms with Gasteiger partial charge in [-0.1, -0.05) is 0 Å². The number of amides is 1. The van der Waals surface area contributed by atoms with Gasteiger partial charge >= 0.3 is 0 Å². The predicted molar refractivity (Wildman–Crippen MR) is 63.5 cm³/mol. The number of nitrogens with one attached hydrogen (secondary N) is 1. The Labute approximate surface area is 100 Å². The van der Waals surface area contributed by atoms with Gasteiger partial charge in [0.15, 0.2) is 0 Å². The minimum Gasteiger partial charge on any atom is -0.383 e. The van der Waals surface area contributed by atoms with E-state index in [1.165, 1.54) is 10.9 Å². The van der Waals surface area contributed by atoms with Gasteiger partial charge in [-0.15, -0.1) is 0 Å². The van der Waals surface area contributed by atoms with Crippen LogP contribution in [0.25, 0.3) is 0 Å². The van der Waals surface area contributed by atoms with Crippen molar-refractivity contribution in [3.05, 3.63) is 11.8 Å². The number of nitrogens with two attached hydrogens (primary N) is 1. The number of aromatic nitrogens is 2. The van der Waals surface area contributed by atoms with Gasteiger partial charge in [-0.2, -0.15) is 5.10 Å². The van der Waals surface area contributed by atoms with E-state index >= 15 is 0 Å². The van der Waals surface area contributed by atoms with Gasteiger partial charge in [0.1, 0.15) is 11.4 Å². The lowest BCUT2D eigenvalue weighted by atomic mass is 10.0. The van der Waals surface area contributed by atoms with E-state index in [4.69, 9.17) is 10.5 Å². The number of anilines is 1. The maximum atomic E-state index is 12.0. The number of carbonyl (C=O) groups is 1. The highest BCUT2D eigenvalue weighted by Gasteiger charge is 2.25. The second-order valence-corrected chi connectivity index (χ2v) is 4.45. The summed E-state index contributed by atoms with van der Waals surface area (Å²) >= 11 is 0. The molecule has 3 N–H and O–H groups in total. The monoisotopic (exact) mass is 238 g/mol. The van der Waals surface area contributed by atoms with Crippen molar-refractivity contribution < 1.29 is 9.53 Å². The van der Waals surface area contributed by atoms with Gasteiger partial charge in [-0.3, -0.25) is 9.48 Å². The van der Waals surface area contributed by atoms with Crippen molar-refractivity contribution in [3.63, 3.8) is 0 Å². The molecule has 1 fully saturated rings. The van der Waals surface area contributed by atoms with Crippen LogP contribution in [0.2, 0.25) is 0 Å². The third-order valence-electron chi connectivity index (χ3n) is 3.26. The third kappa shape index (κ3) is 2.41. The Balaban J connectivity index is 1.99. The average Bonchev–Trinajstić information content (AvgIpc) is 2.90. The van der Waals surface area contributed by atoms with E-state index in [9.17, 15) is 4.79 Å². The molecule has 0 aromatic carbocycles. The van der Waals surface area contributed by atoms with Crippen LogP contribution in [0.4, 0.5) is 5.82 Å². The van der Waals surface area contributed by atoms with Crippen molar-refractivity contribution in [1.29, 1.82) is 0 Å². The highest BCUT2D eigenvalue weighted by molar-refractivity contribution is 5.98. The largest absolute Gasteiger partial charge is 0.383 e. The van der Waals surface area contributed by atoms with Crippen molar-refractivity contribution in [3.8, 4) is 0 Å². The van der Waals surface area contributed by atoms with E-state index in [1.54, 1.807) is 7.05 Å². The van der Waals surface area contributed by atoms with Crippen molar-refractivity contribution in [2.45, 2.75) is 19.4 Å². The molecule has 1 aliphatic heterocycles. The fourth-order valence-corrected chi connectivity index (χ4v) is 1.97. The Kier molecular flexibility index (Phi) is 3.33. The van der Waals surface area contributed by atoms with Crippen LogP contribution in [0.3, 0.4) is 0 Å². The molecule has 6 nitrogen and oxygen atoms in total. The molecule has 0 spiro atoms. The van der Waals surface area contributed by atoms with Crippen LogP contribution in [-0.4, -0.2) is 34.9 Å². The fraction of sp³-hybridized carbons (Fsp3) is 0.636. The average molecular weight is 238 g/mol. The molecule has 0 radical (unpaired) electrons. The molecule has 1 saturated heterocycles. The second-order valence-electron chi connectivity index (χ2n) is 4.45. The van der Waals surface area contributed by atoms with Crippen LogP contribution in [0.1, 0.15) is 23.7 Å². The van der Waals surface area contributed by atoms with Gasteiger partial charge in [-0.25, -0.2) is 0 Å². The first kappa shape index (κ1) is 11.9. The maximum absolute atomic E-state index is 12.0. The highest BCUT2D eigenvalue weighted by atomic mass is 16.5. The Morgan fingerprint density at radius 1 is 1.76 bits per heavy atom. The van der Waals surface area contributed by atoms with Gasteiger partial charge in [0, 0.05) is 25.6 Å². The molecule has 2 unspecified atom stereocenters. The van der Waals surface area contributed by atoms with Crippen molar-refractivity contribution in [1.82, 2.24) is 15.1 Å². The van der Waals surface area contributed by atoms with Crippen molar-refractivity contribution >= 4 is 11.7 Å². The Morgan fingerprint density at radius 3 is 3.06 bits per heavy atom. The number of carbonyl (C=O) groups excluding carboxylic acids is 1. The topological polar surface area (TPSA) is 82.2 Å². The molecular formula is C11H18N4O2. The predicted octanol–water partition coefficient (Wildman–Crippen LogP) is 0.157. The molecule has 17 heavy (non-hydrogen) atoms. The van der Waals surface area contributed by atoms with Gasteiger partial charge in [0.2, 0.25) is 0 Å². The molecule has 0 aliphatic carbocycles. The fourth-order valence-electron chi connectivity index (χ4n) is 1.97. The van der Waals surface area contributed by atoms with Crippen LogP contribution in [0, 0.1) is 5.92 Å². The van der Waals surface area contributed by atoms with Crippen LogP contribution < -0.4 is 11.1 Å². The zero-order chi connectivity index (χ0) is 12.4. The number of hydrogen-bond donors (Lipinski definition) is 2. The van der Waals surface area contributed by atoms with E-state index in [1.807, 2.05) is 6.92 Å². The lowest BCUT2D eigenvalue weighted by molar-refractivity contribution is 0.0923. The number of nitrogen functional groups attached to an aromatic ring is 1. The molecule has 94 valence electrons. The van der Waals surface area contributed by atoms with Gasteiger partial charge in [0.05, 0.1) is 12.8 Å². The van der Waals surface area contributed by atoms with Crippen LogP contribution in [0.5, 0.6) is 0 Å². The molecule has 0 saturated carbocycles. The van der Waals surface area contributed by atoms with Gasteiger partial charge in [0.25, 0.3) is 5.91 Å². The number of rotatable bonds is 3. The first-order chi connectivity index (χ1) is 8.09. The lowest BCUT2D eigenvalue weighted by Crippen LogP contribution is -2.38. The Morgan fingerprint density at radius 2 is 2.53 bits per heavy atom. The summed E-state index contributed by atoms with van der Waals surface area (Å²) in [5.41, 5.74) is 6.18. The van der Waals surface area contributed by atoms with E-state index in [2.05, 4.69) is 10.4 Å².